The van der Waals surface area contributed by atoms with Crippen LogP contribution in [0.2, 0.25) is 0 Å². The second-order valence-electron chi connectivity index (χ2n) is 4.54. The summed E-state index contributed by atoms with van der Waals surface area (Å²) < 4.78 is 0. The van der Waals surface area contributed by atoms with Gasteiger partial charge in [-0.15, -0.1) is 11.3 Å². The third kappa shape index (κ3) is 5.64. The lowest BCUT2D eigenvalue weighted by molar-refractivity contribution is 0.268. The number of nitrogens with zero attached hydrogens (tertiary/aromatic N) is 1. The van der Waals surface area contributed by atoms with Gasteiger partial charge in [-0.05, 0) is 58.3 Å². The van der Waals surface area contributed by atoms with Gasteiger partial charge < -0.3 is 10.2 Å². The van der Waals surface area contributed by atoms with E-state index in [-0.39, 0.29) is 0 Å². The van der Waals surface area contributed by atoms with Crippen LogP contribution in [0.25, 0.3) is 0 Å². The van der Waals surface area contributed by atoms with E-state index in [1.54, 1.807) is 0 Å². The summed E-state index contributed by atoms with van der Waals surface area (Å²) >= 11 is 1.82. The number of hydrogen-bond donors (Lipinski definition) is 1. The molecule has 1 aromatic rings. The molecule has 0 amide bonds. The zero-order valence-corrected chi connectivity index (χ0v) is 11.5. The first-order chi connectivity index (χ1) is 7.70. The summed E-state index contributed by atoms with van der Waals surface area (Å²) in [7, 11) is 2.20. The van der Waals surface area contributed by atoms with Crippen LogP contribution in [0.15, 0.2) is 17.5 Å². The molecular weight excluding hydrogens is 216 g/mol. The van der Waals surface area contributed by atoms with E-state index in [1.807, 2.05) is 11.3 Å². The van der Waals surface area contributed by atoms with Crippen LogP contribution in [0, 0.1) is 0 Å². The molecule has 0 fully saturated rings. The van der Waals surface area contributed by atoms with Crippen molar-refractivity contribution in [3.05, 3.63) is 22.4 Å². The molecule has 1 aromatic heterocycles. The van der Waals surface area contributed by atoms with Crippen molar-refractivity contribution in [2.45, 2.75) is 39.3 Å². The number of nitrogens with one attached hydrogen (secondary N) is 1. The highest BCUT2D eigenvalue weighted by Crippen LogP contribution is 2.07. The zero-order valence-electron chi connectivity index (χ0n) is 10.7. The predicted octanol–water partition coefficient (Wildman–Crippen LogP) is 2.96. The van der Waals surface area contributed by atoms with Crippen molar-refractivity contribution in [3.63, 3.8) is 0 Å². The van der Waals surface area contributed by atoms with Crippen LogP contribution in [0.4, 0.5) is 0 Å². The van der Waals surface area contributed by atoms with E-state index >= 15 is 0 Å². The Kier molecular flexibility index (Phi) is 6.69. The summed E-state index contributed by atoms with van der Waals surface area (Å²) in [5, 5.41) is 5.62. The highest BCUT2D eigenvalue weighted by molar-refractivity contribution is 7.09. The lowest BCUT2D eigenvalue weighted by Gasteiger charge is -2.20. The van der Waals surface area contributed by atoms with Crippen LogP contribution in [-0.2, 0) is 6.54 Å². The molecule has 1 heterocycles. The van der Waals surface area contributed by atoms with Gasteiger partial charge in [-0.1, -0.05) is 6.07 Å². The second-order valence-corrected chi connectivity index (χ2v) is 5.57. The van der Waals surface area contributed by atoms with Crippen molar-refractivity contribution >= 4 is 11.3 Å². The van der Waals surface area contributed by atoms with Crippen molar-refractivity contribution in [1.82, 2.24) is 10.2 Å². The van der Waals surface area contributed by atoms with Crippen molar-refractivity contribution < 1.29 is 0 Å². The van der Waals surface area contributed by atoms with E-state index in [0.717, 1.165) is 13.1 Å². The highest BCUT2D eigenvalue weighted by atomic mass is 32.1. The Balaban J connectivity index is 1.92. The van der Waals surface area contributed by atoms with E-state index in [1.165, 1.54) is 24.3 Å². The Hall–Kier alpha value is -0.380. The molecule has 0 aliphatic heterocycles. The molecule has 3 heteroatoms. The molecule has 16 heavy (non-hydrogen) atoms. The molecule has 1 rings (SSSR count). The fraction of sp³-hybridized carbons (Fsp3) is 0.692. The molecule has 0 aromatic carbocycles. The first-order valence-electron chi connectivity index (χ1n) is 6.13. The smallest absolute Gasteiger partial charge is 0.0299 e. The summed E-state index contributed by atoms with van der Waals surface area (Å²) in [5.41, 5.74) is 0. The average Bonchev–Trinajstić information content (AvgIpc) is 2.75. The van der Waals surface area contributed by atoms with Gasteiger partial charge in [0, 0.05) is 17.5 Å². The van der Waals surface area contributed by atoms with E-state index < -0.39 is 0 Å². The second kappa shape index (κ2) is 7.82. The topological polar surface area (TPSA) is 15.3 Å². The maximum absolute atomic E-state index is 3.48. The number of thiophene rings is 1. The monoisotopic (exact) mass is 240 g/mol. The Labute approximate surface area is 104 Å². The number of rotatable bonds is 8. The standard InChI is InChI=1S/C13H24N2S/c1-12(2)15(3)9-5-4-8-14-11-13-7-6-10-16-13/h6-7,10,12,14H,4-5,8-9,11H2,1-3H3. The van der Waals surface area contributed by atoms with Crippen LogP contribution >= 0.6 is 11.3 Å². The van der Waals surface area contributed by atoms with Crippen LogP contribution < -0.4 is 5.32 Å². The van der Waals surface area contributed by atoms with Crippen LogP contribution in [-0.4, -0.2) is 31.1 Å². The van der Waals surface area contributed by atoms with Gasteiger partial charge in [0.15, 0.2) is 0 Å². The van der Waals surface area contributed by atoms with Gasteiger partial charge in [0.1, 0.15) is 0 Å². The van der Waals surface area contributed by atoms with Gasteiger partial charge in [-0.25, -0.2) is 0 Å². The van der Waals surface area contributed by atoms with Crippen LogP contribution in [0.3, 0.4) is 0 Å². The van der Waals surface area contributed by atoms with E-state index in [0.29, 0.717) is 6.04 Å². The molecular formula is C13H24N2S. The minimum atomic E-state index is 0.666. The number of unbranched alkanes of at least 4 members (excludes halogenated alkanes) is 1. The molecule has 92 valence electrons. The third-order valence-electron chi connectivity index (χ3n) is 2.88. The van der Waals surface area contributed by atoms with Gasteiger partial charge >= 0.3 is 0 Å². The summed E-state index contributed by atoms with van der Waals surface area (Å²) in [5.74, 6) is 0. The minimum absolute atomic E-state index is 0.666. The molecule has 2 nitrogen and oxygen atoms in total. The average molecular weight is 240 g/mol. The summed E-state index contributed by atoms with van der Waals surface area (Å²) in [6.07, 6.45) is 2.55. The van der Waals surface area contributed by atoms with Crippen LogP contribution in [0.1, 0.15) is 31.6 Å². The van der Waals surface area contributed by atoms with Crippen molar-refractivity contribution in [3.8, 4) is 0 Å². The van der Waals surface area contributed by atoms with Gasteiger partial charge in [-0.3, -0.25) is 0 Å². The molecule has 0 saturated heterocycles. The largest absolute Gasteiger partial charge is 0.312 e. The van der Waals surface area contributed by atoms with E-state index in [2.05, 4.69) is 48.6 Å². The first-order valence-corrected chi connectivity index (χ1v) is 7.01. The Bertz CT molecular complexity index is 257. The van der Waals surface area contributed by atoms with Crippen molar-refractivity contribution in [1.29, 1.82) is 0 Å². The van der Waals surface area contributed by atoms with Gasteiger partial charge in [0.2, 0.25) is 0 Å². The predicted molar refractivity (Wildman–Crippen MR) is 73.0 cm³/mol. The van der Waals surface area contributed by atoms with E-state index in [4.69, 9.17) is 0 Å². The minimum Gasteiger partial charge on any atom is -0.312 e. The lowest BCUT2D eigenvalue weighted by Crippen LogP contribution is -2.27. The maximum Gasteiger partial charge on any atom is 0.0299 e. The molecule has 0 aliphatic carbocycles. The normalized spacial score (nSPS) is 11.6. The summed E-state index contributed by atoms with van der Waals surface area (Å²) in [6, 6.07) is 4.96. The van der Waals surface area contributed by atoms with Gasteiger partial charge in [-0.2, -0.15) is 0 Å². The molecule has 0 spiro atoms. The highest BCUT2D eigenvalue weighted by Gasteiger charge is 2.01. The van der Waals surface area contributed by atoms with Crippen LogP contribution in [0.5, 0.6) is 0 Å². The van der Waals surface area contributed by atoms with Crippen molar-refractivity contribution in [2.75, 3.05) is 20.1 Å². The fourth-order valence-electron chi connectivity index (χ4n) is 1.49. The maximum atomic E-state index is 3.48. The molecule has 0 atom stereocenters. The SMILES string of the molecule is CC(C)N(C)CCCCNCc1cccs1. The number of hydrogen-bond acceptors (Lipinski definition) is 3. The Morgan fingerprint density at radius 3 is 2.81 bits per heavy atom. The Morgan fingerprint density at radius 2 is 2.19 bits per heavy atom. The molecule has 0 unspecified atom stereocenters. The molecule has 0 aliphatic rings. The molecule has 0 radical (unpaired) electrons. The zero-order chi connectivity index (χ0) is 11.8. The first kappa shape index (κ1) is 13.7. The molecule has 0 saturated carbocycles. The Morgan fingerprint density at radius 1 is 1.38 bits per heavy atom. The van der Waals surface area contributed by atoms with Crippen molar-refractivity contribution in [2.24, 2.45) is 0 Å². The molecule has 0 bridgehead atoms. The lowest BCUT2D eigenvalue weighted by atomic mass is 10.2. The quantitative estimate of drug-likeness (QED) is 0.703. The van der Waals surface area contributed by atoms with Gasteiger partial charge in [0.05, 0.1) is 0 Å². The summed E-state index contributed by atoms with van der Waals surface area (Å²) in [6.45, 7) is 7.85. The molecule has 1 N–H and O–H groups in total. The van der Waals surface area contributed by atoms with E-state index in [9.17, 15) is 0 Å². The third-order valence-corrected chi connectivity index (χ3v) is 3.75. The summed E-state index contributed by atoms with van der Waals surface area (Å²) in [4.78, 5) is 3.83. The fourth-order valence-corrected chi connectivity index (χ4v) is 2.17. The van der Waals surface area contributed by atoms with Gasteiger partial charge in [0.25, 0.3) is 0 Å².